The van der Waals surface area contributed by atoms with E-state index in [1.165, 1.54) is 31.2 Å². The second-order valence-corrected chi connectivity index (χ2v) is 7.21. The van der Waals surface area contributed by atoms with Crippen LogP contribution in [0.2, 0.25) is 0 Å². The van der Waals surface area contributed by atoms with E-state index in [2.05, 4.69) is 72.4 Å². The second kappa shape index (κ2) is 10.3. The van der Waals surface area contributed by atoms with E-state index in [1.807, 2.05) is 0 Å². The van der Waals surface area contributed by atoms with E-state index >= 15 is 0 Å². The molecule has 2 rings (SSSR count). The number of hydrogen-bond donors (Lipinski definition) is 1. The molecule has 0 fully saturated rings. The summed E-state index contributed by atoms with van der Waals surface area (Å²) in [6.07, 6.45) is 8.24. The van der Waals surface area contributed by atoms with Crippen LogP contribution in [-0.4, -0.2) is 38.4 Å². The van der Waals surface area contributed by atoms with E-state index in [-0.39, 0.29) is 6.04 Å². The molecule has 0 aliphatic heterocycles. The van der Waals surface area contributed by atoms with Gasteiger partial charge in [0.25, 0.3) is 0 Å². The lowest BCUT2D eigenvalue weighted by atomic mass is 9.99. The molecule has 0 saturated carbocycles. The zero-order valence-electron chi connectivity index (χ0n) is 16.4. The van der Waals surface area contributed by atoms with Crippen molar-refractivity contribution in [3.8, 4) is 5.69 Å². The first-order valence-electron chi connectivity index (χ1n) is 9.52. The summed E-state index contributed by atoms with van der Waals surface area (Å²) in [5.74, 6) is 0.693. The van der Waals surface area contributed by atoms with Gasteiger partial charge >= 0.3 is 0 Å². The average Bonchev–Trinajstić information content (AvgIpc) is 3.21. The van der Waals surface area contributed by atoms with Crippen LogP contribution in [0.3, 0.4) is 0 Å². The SMILES string of the molecule is CCCC[C@@H](CC)CNC(=S)N(C)[C@H](C)c1ccc(-n2cncn2)cc1. The Bertz CT molecular complexity index is 653. The smallest absolute Gasteiger partial charge is 0.169 e. The number of unbranched alkanes of at least 4 members (excludes halogenated alkanes) is 1. The molecule has 5 nitrogen and oxygen atoms in total. The molecule has 2 aromatic rings. The van der Waals surface area contributed by atoms with Crippen molar-refractivity contribution in [1.29, 1.82) is 0 Å². The Morgan fingerprint density at radius 1 is 1.27 bits per heavy atom. The Balaban J connectivity index is 1.91. The minimum absolute atomic E-state index is 0.204. The molecule has 0 amide bonds. The Labute approximate surface area is 162 Å². The summed E-state index contributed by atoms with van der Waals surface area (Å²) < 4.78 is 1.76. The molecular weight excluding hydrogens is 342 g/mol. The number of hydrogen-bond acceptors (Lipinski definition) is 3. The van der Waals surface area contributed by atoms with Gasteiger partial charge in [-0.2, -0.15) is 5.10 Å². The minimum atomic E-state index is 0.204. The van der Waals surface area contributed by atoms with E-state index in [0.717, 1.165) is 17.3 Å². The molecule has 1 aromatic heterocycles. The van der Waals surface area contributed by atoms with Crippen LogP contribution in [0.25, 0.3) is 5.69 Å². The van der Waals surface area contributed by atoms with Gasteiger partial charge in [-0.25, -0.2) is 9.67 Å². The van der Waals surface area contributed by atoms with Gasteiger partial charge < -0.3 is 10.2 Å². The summed E-state index contributed by atoms with van der Waals surface area (Å²) in [4.78, 5) is 6.12. The van der Waals surface area contributed by atoms with Crippen LogP contribution in [0.1, 0.15) is 58.1 Å². The number of thiocarbonyl (C=S) groups is 1. The highest BCUT2D eigenvalue weighted by atomic mass is 32.1. The van der Waals surface area contributed by atoms with Crippen LogP contribution in [0.4, 0.5) is 0 Å². The Hall–Kier alpha value is -1.95. The topological polar surface area (TPSA) is 46.0 Å². The molecule has 0 aliphatic carbocycles. The van der Waals surface area contributed by atoms with Crippen LogP contribution >= 0.6 is 12.2 Å². The summed E-state index contributed by atoms with van der Waals surface area (Å²) in [5.41, 5.74) is 2.22. The van der Waals surface area contributed by atoms with Gasteiger partial charge in [-0.1, -0.05) is 45.2 Å². The van der Waals surface area contributed by atoms with Crippen molar-refractivity contribution in [3.05, 3.63) is 42.5 Å². The maximum Gasteiger partial charge on any atom is 0.169 e. The Morgan fingerprint density at radius 2 is 2.00 bits per heavy atom. The zero-order chi connectivity index (χ0) is 18.9. The van der Waals surface area contributed by atoms with Crippen molar-refractivity contribution < 1.29 is 0 Å². The van der Waals surface area contributed by atoms with Crippen LogP contribution in [0.15, 0.2) is 36.9 Å². The standard InChI is InChI=1S/C20H31N5S/c1-5-7-8-17(6-2)13-22-20(26)24(4)16(3)18-9-11-19(12-10-18)25-15-21-14-23-25/h9-12,14-17H,5-8,13H2,1-4H3,(H,22,26)/t16-,17-/m1/s1. The fraction of sp³-hybridized carbons (Fsp3) is 0.550. The lowest BCUT2D eigenvalue weighted by Crippen LogP contribution is -2.40. The van der Waals surface area contributed by atoms with Crippen LogP contribution < -0.4 is 5.32 Å². The van der Waals surface area contributed by atoms with Gasteiger partial charge in [-0.05, 0) is 49.2 Å². The molecule has 1 N–H and O–H groups in total. The number of nitrogens with one attached hydrogen (secondary N) is 1. The molecule has 0 radical (unpaired) electrons. The fourth-order valence-corrected chi connectivity index (χ4v) is 3.19. The normalized spacial score (nSPS) is 13.2. The van der Waals surface area contributed by atoms with Gasteiger partial charge in [0.1, 0.15) is 12.7 Å². The van der Waals surface area contributed by atoms with Crippen molar-refractivity contribution in [2.24, 2.45) is 5.92 Å². The number of benzene rings is 1. The number of aromatic nitrogens is 3. The highest BCUT2D eigenvalue weighted by Gasteiger charge is 2.16. The van der Waals surface area contributed by atoms with Gasteiger partial charge in [0.2, 0.25) is 0 Å². The van der Waals surface area contributed by atoms with E-state index < -0.39 is 0 Å². The summed E-state index contributed by atoms with van der Waals surface area (Å²) in [6, 6.07) is 8.56. The monoisotopic (exact) mass is 373 g/mol. The predicted molar refractivity (Wildman–Crippen MR) is 111 cm³/mol. The second-order valence-electron chi connectivity index (χ2n) is 6.82. The molecule has 26 heavy (non-hydrogen) atoms. The third kappa shape index (κ3) is 5.53. The molecule has 0 unspecified atom stereocenters. The molecule has 0 aliphatic rings. The Kier molecular flexibility index (Phi) is 8.04. The van der Waals surface area contributed by atoms with Crippen LogP contribution in [-0.2, 0) is 0 Å². The molecule has 142 valence electrons. The lowest BCUT2D eigenvalue weighted by Gasteiger charge is -2.29. The lowest BCUT2D eigenvalue weighted by molar-refractivity contribution is 0.382. The van der Waals surface area contributed by atoms with Crippen molar-refractivity contribution in [2.75, 3.05) is 13.6 Å². The van der Waals surface area contributed by atoms with Crippen molar-refractivity contribution >= 4 is 17.3 Å². The minimum Gasteiger partial charge on any atom is -0.362 e. The largest absolute Gasteiger partial charge is 0.362 e. The van der Waals surface area contributed by atoms with E-state index in [0.29, 0.717) is 5.92 Å². The van der Waals surface area contributed by atoms with Crippen LogP contribution in [0.5, 0.6) is 0 Å². The molecule has 0 spiro atoms. The first-order chi connectivity index (χ1) is 12.6. The Morgan fingerprint density at radius 3 is 2.58 bits per heavy atom. The molecule has 1 aromatic carbocycles. The summed E-state index contributed by atoms with van der Waals surface area (Å²) in [6.45, 7) is 7.63. The van der Waals surface area contributed by atoms with Gasteiger partial charge in [-0.3, -0.25) is 0 Å². The van der Waals surface area contributed by atoms with Gasteiger partial charge in [0.05, 0.1) is 11.7 Å². The van der Waals surface area contributed by atoms with Crippen molar-refractivity contribution in [3.63, 3.8) is 0 Å². The third-order valence-corrected chi connectivity index (χ3v) is 5.48. The zero-order valence-corrected chi connectivity index (χ0v) is 17.2. The van der Waals surface area contributed by atoms with E-state index in [9.17, 15) is 0 Å². The first kappa shape index (κ1) is 20.4. The summed E-state index contributed by atoms with van der Waals surface area (Å²) in [5, 5.41) is 8.43. The van der Waals surface area contributed by atoms with Gasteiger partial charge in [-0.15, -0.1) is 0 Å². The highest BCUT2D eigenvalue weighted by molar-refractivity contribution is 7.80. The summed E-state index contributed by atoms with van der Waals surface area (Å²) in [7, 11) is 2.05. The van der Waals surface area contributed by atoms with Gasteiger partial charge in [0, 0.05) is 13.6 Å². The molecule has 1 heterocycles. The fourth-order valence-electron chi connectivity index (χ4n) is 2.95. The third-order valence-electron chi connectivity index (χ3n) is 5.05. The predicted octanol–water partition coefficient (Wildman–Crippen LogP) is 4.35. The molecular formula is C20H31N5S. The first-order valence-corrected chi connectivity index (χ1v) is 9.93. The maximum absolute atomic E-state index is 5.61. The van der Waals surface area contributed by atoms with Gasteiger partial charge in [0.15, 0.2) is 5.11 Å². The molecule has 6 heteroatoms. The average molecular weight is 374 g/mol. The van der Waals surface area contributed by atoms with Crippen molar-refractivity contribution in [1.82, 2.24) is 25.0 Å². The molecule has 2 atom stereocenters. The van der Waals surface area contributed by atoms with E-state index in [1.54, 1.807) is 17.3 Å². The van der Waals surface area contributed by atoms with Crippen LogP contribution in [0, 0.1) is 5.92 Å². The number of rotatable bonds is 9. The molecule has 0 bridgehead atoms. The summed E-state index contributed by atoms with van der Waals surface area (Å²) >= 11 is 5.61. The quantitative estimate of drug-likeness (QED) is 0.662. The van der Waals surface area contributed by atoms with Crippen molar-refractivity contribution in [2.45, 2.75) is 52.5 Å². The van der Waals surface area contributed by atoms with E-state index in [4.69, 9.17) is 12.2 Å². The molecule has 0 saturated heterocycles. The maximum atomic E-state index is 5.61. The highest BCUT2D eigenvalue weighted by Crippen LogP contribution is 2.20. The number of nitrogens with zero attached hydrogens (tertiary/aromatic N) is 4.